The monoisotopic (exact) mass is 207 g/mol. The molecule has 1 saturated heterocycles. The molecule has 1 aromatic carbocycles. The van der Waals surface area contributed by atoms with E-state index in [1.165, 1.54) is 0 Å². The second kappa shape index (κ2) is 4.31. The van der Waals surface area contributed by atoms with E-state index in [4.69, 9.17) is 0 Å². The van der Waals surface area contributed by atoms with Crippen LogP contribution in [0, 0.1) is 0 Å². The Labute approximate surface area is 90.0 Å². The van der Waals surface area contributed by atoms with Crippen LogP contribution in [0.25, 0.3) is 0 Å². The number of benzene rings is 1. The van der Waals surface area contributed by atoms with E-state index < -0.39 is 5.72 Å². The molecule has 82 valence electrons. The van der Waals surface area contributed by atoms with Crippen LogP contribution in [0.2, 0.25) is 0 Å². The minimum absolute atomic E-state index is 0.0919. The van der Waals surface area contributed by atoms with E-state index >= 15 is 0 Å². The molecular weight excluding hydrogens is 190 g/mol. The smallest absolute Gasteiger partial charge is 0.146 e. The van der Waals surface area contributed by atoms with Crippen LogP contribution >= 0.6 is 0 Å². The Hall–Kier alpha value is -0.900. The van der Waals surface area contributed by atoms with Gasteiger partial charge in [-0.15, -0.1) is 0 Å². The van der Waals surface area contributed by atoms with Gasteiger partial charge in [-0.05, 0) is 24.8 Å². The first-order valence-corrected chi connectivity index (χ1v) is 5.41. The first-order valence-electron chi connectivity index (χ1n) is 5.41. The highest BCUT2D eigenvalue weighted by atomic mass is 16.3. The molecule has 3 nitrogen and oxygen atoms in total. The van der Waals surface area contributed by atoms with Gasteiger partial charge in [0.25, 0.3) is 0 Å². The number of nitrogens with zero attached hydrogens (tertiary/aromatic N) is 1. The Morgan fingerprint density at radius 3 is 2.60 bits per heavy atom. The summed E-state index contributed by atoms with van der Waals surface area (Å²) < 4.78 is 0. The van der Waals surface area contributed by atoms with Gasteiger partial charge in [0.2, 0.25) is 0 Å². The van der Waals surface area contributed by atoms with E-state index in [2.05, 4.69) is 0 Å². The van der Waals surface area contributed by atoms with Crippen molar-refractivity contribution in [1.29, 1.82) is 0 Å². The van der Waals surface area contributed by atoms with Crippen molar-refractivity contribution in [2.45, 2.75) is 25.0 Å². The fourth-order valence-electron chi connectivity index (χ4n) is 2.24. The van der Waals surface area contributed by atoms with Gasteiger partial charge in [-0.3, -0.25) is 0 Å². The average Bonchev–Trinajstić information content (AvgIpc) is 2.31. The van der Waals surface area contributed by atoms with Crippen LogP contribution in [0.5, 0.6) is 0 Å². The zero-order chi connectivity index (χ0) is 10.7. The molecule has 0 amide bonds. The molecule has 0 spiro atoms. The molecule has 2 rings (SSSR count). The predicted molar refractivity (Wildman–Crippen MR) is 58.0 cm³/mol. The number of likely N-dealkylation sites (tertiary alicyclic amines) is 1. The molecule has 0 aliphatic carbocycles. The number of rotatable bonds is 2. The molecule has 1 atom stereocenters. The molecule has 0 saturated carbocycles. The van der Waals surface area contributed by atoms with Crippen LogP contribution in [-0.4, -0.2) is 28.4 Å². The fourth-order valence-corrected chi connectivity index (χ4v) is 2.24. The molecule has 1 heterocycles. The Morgan fingerprint density at radius 1 is 1.20 bits per heavy atom. The lowest BCUT2D eigenvalue weighted by Gasteiger charge is -2.42. The SMILES string of the molecule is OCN1CCCCC1(O)c1ccccc1. The van der Waals surface area contributed by atoms with Gasteiger partial charge in [0.15, 0.2) is 0 Å². The Morgan fingerprint density at radius 2 is 1.93 bits per heavy atom. The third-order valence-electron chi connectivity index (χ3n) is 3.13. The van der Waals surface area contributed by atoms with Crippen LogP contribution in [-0.2, 0) is 5.72 Å². The topological polar surface area (TPSA) is 43.7 Å². The predicted octanol–water partition coefficient (Wildman–Crippen LogP) is 1.27. The standard InChI is InChI=1S/C12H17NO2/c14-10-13-9-5-4-8-12(13,15)11-6-2-1-3-7-11/h1-3,6-7,14-15H,4-5,8-10H2. The zero-order valence-electron chi connectivity index (χ0n) is 8.76. The summed E-state index contributed by atoms with van der Waals surface area (Å²) in [6.07, 6.45) is 2.73. The third kappa shape index (κ3) is 1.91. The molecule has 15 heavy (non-hydrogen) atoms. The minimum atomic E-state index is -0.978. The maximum Gasteiger partial charge on any atom is 0.146 e. The molecule has 1 aliphatic rings. The van der Waals surface area contributed by atoms with Crippen molar-refractivity contribution in [2.75, 3.05) is 13.3 Å². The van der Waals surface area contributed by atoms with Gasteiger partial charge >= 0.3 is 0 Å². The number of aliphatic hydroxyl groups excluding tert-OH is 1. The summed E-state index contributed by atoms with van der Waals surface area (Å²) in [7, 11) is 0. The highest BCUT2D eigenvalue weighted by molar-refractivity contribution is 5.22. The molecule has 1 aliphatic heterocycles. The van der Waals surface area contributed by atoms with Crippen molar-refractivity contribution in [3.05, 3.63) is 35.9 Å². The second-order valence-electron chi connectivity index (χ2n) is 4.04. The van der Waals surface area contributed by atoms with Crippen molar-refractivity contribution in [1.82, 2.24) is 4.90 Å². The minimum Gasteiger partial charge on any atom is -0.381 e. The summed E-state index contributed by atoms with van der Waals surface area (Å²) in [5, 5.41) is 19.8. The van der Waals surface area contributed by atoms with Crippen molar-refractivity contribution >= 4 is 0 Å². The Bertz CT molecular complexity index is 315. The quantitative estimate of drug-likeness (QED) is 0.767. The van der Waals surface area contributed by atoms with Crippen LogP contribution in [0.3, 0.4) is 0 Å². The lowest BCUT2D eigenvalue weighted by Crippen LogP contribution is -2.49. The third-order valence-corrected chi connectivity index (χ3v) is 3.13. The summed E-state index contributed by atoms with van der Waals surface area (Å²) in [6.45, 7) is 0.660. The molecule has 0 bridgehead atoms. The largest absolute Gasteiger partial charge is 0.381 e. The van der Waals surface area contributed by atoms with Gasteiger partial charge < -0.3 is 10.2 Å². The van der Waals surface area contributed by atoms with Crippen LogP contribution in [0.1, 0.15) is 24.8 Å². The molecule has 1 aromatic rings. The number of hydrogen-bond acceptors (Lipinski definition) is 3. The molecule has 0 radical (unpaired) electrons. The zero-order valence-corrected chi connectivity index (χ0v) is 8.76. The van der Waals surface area contributed by atoms with Crippen molar-refractivity contribution in [3.8, 4) is 0 Å². The van der Waals surface area contributed by atoms with Gasteiger partial charge in [0.1, 0.15) is 5.72 Å². The highest BCUT2D eigenvalue weighted by Gasteiger charge is 2.37. The van der Waals surface area contributed by atoms with Crippen molar-refractivity contribution < 1.29 is 10.2 Å². The van der Waals surface area contributed by atoms with Crippen molar-refractivity contribution in [2.24, 2.45) is 0 Å². The summed E-state index contributed by atoms with van der Waals surface area (Å²) in [5.74, 6) is 0. The van der Waals surface area contributed by atoms with Gasteiger partial charge in [0, 0.05) is 6.54 Å². The van der Waals surface area contributed by atoms with Crippen molar-refractivity contribution in [3.63, 3.8) is 0 Å². The fraction of sp³-hybridized carbons (Fsp3) is 0.500. The van der Waals surface area contributed by atoms with Gasteiger partial charge in [-0.25, -0.2) is 4.90 Å². The van der Waals surface area contributed by atoms with Crippen LogP contribution < -0.4 is 0 Å². The van der Waals surface area contributed by atoms with E-state index in [0.29, 0.717) is 6.42 Å². The van der Waals surface area contributed by atoms with Crippen LogP contribution in [0.4, 0.5) is 0 Å². The van der Waals surface area contributed by atoms with E-state index in [1.807, 2.05) is 30.3 Å². The second-order valence-corrected chi connectivity index (χ2v) is 4.04. The molecule has 1 unspecified atom stereocenters. The summed E-state index contributed by atoms with van der Waals surface area (Å²) in [5.41, 5.74) is -0.104. The van der Waals surface area contributed by atoms with Gasteiger partial charge in [-0.1, -0.05) is 30.3 Å². The Balaban J connectivity index is 2.30. The molecule has 2 N–H and O–H groups in total. The molecule has 1 fully saturated rings. The van der Waals surface area contributed by atoms with Gasteiger partial charge in [-0.2, -0.15) is 0 Å². The van der Waals surface area contributed by atoms with E-state index in [0.717, 1.165) is 24.9 Å². The first-order chi connectivity index (χ1) is 7.27. The molecular formula is C12H17NO2. The summed E-state index contributed by atoms with van der Waals surface area (Å²) >= 11 is 0. The lowest BCUT2D eigenvalue weighted by atomic mass is 9.91. The number of piperidine rings is 1. The van der Waals surface area contributed by atoms with Gasteiger partial charge in [0.05, 0.1) is 6.73 Å². The van der Waals surface area contributed by atoms with E-state index in [1.54, 1.807) is 4.90 Å². The van der Waals surface area contributed by atoms with E-state index in [9.17, 15) is 10.2 Å². The lowest BCUT2D eigenvalue weighted by molar-refractivity contribution is -0.167. The number of aliphatic hydroxyl groups is 2. The first kappa shape index (κ1) is 10.6. The summed E-state index contributed by atoms with van der Waals surface area (Å²) in [4.78, 5) is 1.73. The highest BCUT2D eigenvalue weighted by Crippen LogP contribution is 2.34. The Kier molecular flexibility index (Phi) is 3.05. The normalized spacial score (nSPS) is 27.9. The average molecular weight is 207 g/mol. The molecule has 0 aromatic heterocycles. The maximum absolute atomic E-state index is 10.6. The maximum atomic E-state index is 10.6. The summed E-state index contributed by atoms with van der Waals surface area (Å²) in [6, 6.07) is 9.58. The van der Waals surface area contributed by atoms with E-state index in [-0.39, 0.29) is 6.73 Å². The van der Waals surface area contributed by atoms with Crippen LogP contribution in [0.15, 0.2) is 30.3 Å². The number of hydrogen-bond donors (Lipinski definition) is 2. The molecule has 3 heteroatoms.